The smallest absolute Gasteiger partial charge is 0.249 e. The van der Waals surface area contributed by atoms with E-state index >= 15 is 0 Å². The maximum absolute atomic E-state index is 11.9. The van der Waals surface area contributed by atoms with Gasteiger partial charge in [-0.05, 0) is 25.0 Å². The molecule has 6 nitrogen and oxygen atoms in total. The second kappa shape index (κ2) is 5.88. The normalized spacial score (nSPS) is 20.4. The van der Waals surface area contributed by atoms with Crippen LogP contribution in [-0.4, -0.2) is 16.1 Å². The zero-order chi connectivity index (χ0) is 14.7. The van der Waals surface area contributed by atoms with E-state index in [0.29, 0.717) is 42.3 Å². The second-order valence-corrected chi connectivity index (χ2v) is 4.89. The highest BCUT2D eigenvalue weighted by Crippen LogP contribution is 2.28. The lowest BCUT2D eigenvalue weighted by atomic mass is 10.1. The molecule has 2 bridgehead atoms. The van der Waals surface area contributed by atoms with Crippen molar-refractivity contribution in [2.75, 3.05) is 5.32 Å². The molecule has 0 saturated heterocycles. The monoisotopic (exact) mass is 284 g/mol. The molecule has 1 amide bonds. The summed E-state index contributed by atoms with van der Waals surface area (Å²) in [5.74, 6) is 0.713. The number of carbonyl (C=O) groups excluding carboxylic acids is 1. The van der Waals surface area contributed by atoms with Gasteiger partial charge in [0.05, 0.1) is 17.3 Å². The van der Waals surface area contributed by atoms with E-state index in [4.69, 9.17) is 10.2 Å². The minimum atomic E-state index is -0.334. The van der Waals surface area contributed by atoms with Crippen LogP contribution in [0.3, 0.4) is 0 Å². The van der Waals surface area contributed by atoms with Crippen molar-refractivity contribution in [3.05, 3.63) is 42.3 Å². The Bertz CT molecular complexity index is 678. The van der Waals surface area contributed by atoms with Gasteiger partial charge in [-0.25, -0.2) is 0 Å². The topological polar surface area (TPSA) is 94.0 Å². The van der Waals surface area contributed by atoms with Crippen molar-refractivity contribution in [1.82, 2.24) is 10.2 Å². The van der Waals surface area contributed by atoms with E-state index in [-0.39, 0.29) is 11.9 Å². The van der Waals surface area contributed by atoms with Crippen molar-refractivity contribution >= 4 is 11.6 Å². The van der Waals surface area contributed by atoms with Gasteiger partial charge < -0.3 is 15.5 Å². The van der Waals surface area contributed by atoms with E-state index in [9.17, 15) is 4.79 Å². The fraction of sp³-hybridized carbons (Fsp3) is 0.267. The number of hydrogen-bond acceptors (Lipinski definition) is 5. The molecule has 21 heavy (non-hydrogen) atoms. The highest BCUT2D eigenvalue weighted by atomic mass is 16.4. The maximum atomic E-state index is 11.9. The van der Waals surface area contributed by atoms with Gasteiger partial charge in [0.25, 0.3) is 0 Å². The standard InChI is InChI=1S/C15H16N4O2/c16-11-7-2-1-3-9-13(20)17-12-8-5-4-6-10(12)14-18-19-15(11)21-14/h1-2,4-6,8,11H,3,7,9,16H2,(H,17,20)/b2-1-/t11-/m0/s1. The quantitative estimate of drug-likeness (QED) is 0.724. The summed E-state index contributed by atoms with van der Waals surface area (Å²) in [6, 6.07) is 7.01. The summed E-state index contributed by atoms with van der Waals surface area (Å²) in [7, 11) is 0. The molecule has 0 aliphatic carbocycles. The summed E-state index contributed by atoms with van der Waals surface area (Å²) >= 11 is 0. The Morgan fingerprint density at radius 2 is 2.10 bits per heavy atom. The zero-order valence-electron chi connectivity index (χ0n) is 11.5. The van der Waals surface area contributed by atoms with Crippen LogP contribution in [0.1, 0.15) is 31.2 Å². The third-order valence-electron chi connectivity index (χ3n) is 3.28. The lowest BCUT2D eigenvalue weighted by Gasteiger charge is -2.07. The molecule has 0 saturated carbocycles. The number of nitrogens with two attached hydrogens (primary N) is 1. The number of nitrogens with zero attached hydrogens (tertiary/aromatic N) is 2. The molecular formula is C15H16N4O2. The number of carbonyl (C=O) groups is 1. The van der Waals surface area contributed by atoms with Gasteiger partial charge >= 0.3 is 0 Å². The Balaban J connectivity index is 2.03. The molecule has 1 aromatic heterocycles. The summed E-state index contributed by atoms with van der Waals surface area (Å²) in [5, 5.41) is 10.9. The van der Waals surface area contributed by atoms with Gasteiger partial charge in [-0.1, -0.05) is 24.3 Å². The largest absolute Gasteiger partial charge is 0.419 e. The second-order valence-electron chi connectivity index (χ2n) is 4.89. The molecule has 2 aromatic rings. The first-order chi connectivity index (χ1) is 10.2. The maximum Gasteiger partial charge on any atom is 0.249 e. The van der Waals surface area contributed by atoms with Crippen molar-refractivity contribution in [2.45, 2.75) is 25.3 Å². The molecule has 3 N–H and O–H groups in total. The first-order valence-electron chi connectivity index (χ1n) is 6.87. The van der Waals surface area contributed by atoms with Gasteiger partial charge in [0, 0.05) is 6.42 Å². The van der Waals surface area contributed by atoms with Crippen molar-refractivity contribution in [2.24, 2.45) is 5.73 Å². The fourth-order valence-corrected chi connectivity index (χ4v) is 2.16. The molecule has 1 aliphatic heterocycles. The summed E-state index contributed by atoms with van der Waals surface area (Å²) in [6.07, 6.45) is 5.58. The number of amides is 1. The molecule has 0 fully saturated rings. The fourth-order valence-electron chi connectivity index (χ4n) is 2.16. The molecule has 108 valence electrons. The third-order valence-corrected chi connectivity index (χ3v) is 3.28. The number of fused-ring (bicyclic) bond motifs is 4. The first-order valence-corrected chi connectivity index (χ1v) is 6.87. The van der Waals surface area contributed by atoms with Gasteiger partial charge in [-0.15, -0.1) is 10.2 Å². The zero-order valence-corrected chi connectivity index (χ0v) is 11.5. The highest BCUT2D eigenvalue weighted by molar-refractivity contribution is 5.94. The van der Waals surface area contributed by atoms with Gasteiger partial charge in [-0.2, -0.15) is 0 Å². The van der Waals surface area contributed by atoms with Gasteiger partial charge in [-0.3, -0.25) is 4.79 Å². The number of allylic oxidation sites excluding steroid dienone is 1. The molecule has 0 radical (unpaired) electrons. The highest BCUT2D eigenvalue weighted by Gasteiger charge is 2.17. The minimum absolute atomic E-state index is 0.0459. The molecule has 3 rings (SSSR count). The van der Waals surface area contributed by atoms with E-state index < -0.39 is 0 Å². The van der Waals surface area contributed by atoms with Crippen LogP contribution in [0.15, 0.2) is 40.8 Å². The third kappa shape index (κ3) is 3.00. The van der Waals surface area contributed by atoms with Crippen LogP contribution in [0, 0.1) is 0 Å². The predicted molar refractivity (Wildman–Crippen MR) is 78.3 cm³/mol. The number of rotatable bonds is 0. The molecule has 0 unspecified atom stereocenters. The van der Waals surface area contributed by atoms with E-state index in [1.807, 2.05) is 36.4 Å². The van der Waals surface area contributed by atoms with Crippen molar-refractivity contribution in [3.63, 3.8) is 0 Å². The van der Waals surface area contributed by atoms with E-state index in [1.165, 1.54) is 0 Å². The molecule has 6 heteroatoms. The summed E-state index contributed by atoms with van der Waals surface area (Å²) in [4.78, 5) is 11.9. The number of nitrogens with one attached hydrogen (secondary N) is 1. The Labute approximate surface area is 122 Å². The Hall–Kier alpha value is -2.47. The lowest BCUT2D eigenvalue weighted by Crippen LogP contribution is -2.11. The van der Waals surface area contributed by atoms with Crippen molar-refractivity contribution in [1.29, 1.82) is 0 Å². The number of hydrogen-bond donors (Lipinski definition) is 2. The molecular weight excluding hydrogens is 268 g/mol. The average molecular weight is 284 g/mol. The Morgan fingerprint density at radius 1 is 1.24 bits per heavy atom. The number of benzene rings is 1. The molecule has 0 spiro atoms. The van der Waals surface area contributed by atoms with Gasteiger partial charge in [0.1, 0.15) is 0 Å². The van der Waals surface area contributed by atoms with E-state index in [0.717, 1.165) is 0 Å². The van der Waals surface area contributed by atoms with Gasteiger partial charge in [0.15, 0.2) is 0 Å². The summed E-state index contributed by atoms with van der Waals surface area (Å²) in [6.45, 7) is 0. The van der Waals surface area contributed by atoms with Crippen LogP contribution in [-0.2, 0) is 4.79 Å². The predicted octanol–water partition coefficient (Wildman–Crippen LogP) is 2.42. The lowest BCUT2D eigenvalue weighted by molar-refractivity contribution is -0.116. The molecule has 1 aliphatic rings. The van der Waals surface area contributed by atoms with Crippen LogP contribution in [0.4, 0.5) is 5.69 Å². The number of para-hydroxylation sites is 1. The van der Waals surface area contributed by atoms with E-state index in [2.05, 4.69) is 15.5 Å². The first kappa shape index (κ1) is 13.5. The van der Waals surface area contributed by atoms with E-state index in [1.54, 1.807) is 0 Å². The number of aromatic nitrogens is 2. The Kier molecular flexibility index (Phi) is 3.79. The van der Waals surface area contributed by atoms with Crippen molar-refractivity contribution < 1.29 is 9.21 Å². The van der Waals surface area contributed by atoms with Crippen LogP contribution >= 0.6 is 0 Å². The Morgan fingerprint density at radius 3 is 3.00 bits per heavy atom. The molecule has 2 heterocycles. The average Bonchev–Trinajstić information content (AvgIpc) is 2.96. The van der Waals surface area contributed by atoms with Crippen LogP contribution in [0.5, 0.6) is 0 Å². The molecule has 1 atom stereocenters. The SMILES string of the molecule is N[C@H]1C/C=C\CCC(=O)Nc2ccccc2-c2nnc1o2. The van der Waals surface area contributed by atoms with Crippen LogP contribution < -0.4 is 11.1 Å². The van der Waals surface area contributed by atoms with Crippen LogP contribution in [0.2, 0.25) is 0 Å². The van der Waals surface area contributed by atoms with Crippen LogP contribution in [0.25, 0.3) is 11.5 Å². The molecule has 1 aromatic carbocycles. The van der Waals surface area contributed by atoms with Gasteiger partial charge in [0.2, 0.25) is 17.7 Å². The summed E-state index contributed by atoms with van der Waals surface area (Å²) < 4.78 is 5.64. The number of anilines is 1. The minimum Gasteiger partial charge on any atom is -0.419 e. The van der Waals surface area contributed by atoms with Crippen molar-refractivity contribution in [3.8, 4) is 11.5 Å². The summed E-state index contributed by atoms with van der Waals surface area (Å²) in [5.41, 5.74) is 7.38.